The molecule has 0 aliphatic carbocycles. The SMILES string of the molecule is C[C@@H](CNC(=O)C(=O)Nc1c[nH]c2cc(F)c(F)cc12)C(F)F. The first-order valence-corrected chi connectivity index (χ1v) is 6.63. The lowest BCUT2D eigenvalue weighted by atomic mass is 10.2. The zero-order valence-corrected chi connectivity index (χ0v) is 11.9. The summed E-state index contributed by atoms with van der Waals surface area (Å²) in [7, 11) is 0. The van der Waals surface area contributed by atoms with E-state index < -0.39 is 35.8 Å². The average Bonchev–Trinajstić information content (AvgIpc) is 2.86. The van der Waals surface area contributed by atoms with Gasteiger partial charge in [-0.15, -0.1) is 0 Å². The van der Waals surface area contributed by atoms with E-state index in [1.165, 1.54) is 13.1 Å². The molecule has 2 amide bonds. The number of aromatic amines is 1. The fourth-order valence-electron chi connectivity index (χ4n) is 1.82. The predicted molar refractivity (Wildman–Crippen MR) is 75.0 cm³/mol. The van der Waals surface area contributed by atoms with Gasteiger partial charge in [0.15, 0.2) is 11.6 Å². The quantitative estimate of drug-likeness (QED) is 0.594. The van der Waals surface area contributed by atoms with Crippen LogP contribution in [0.5, 0.6) is 0 Å². The van der Waals surface area contributed by atoms with Crippen LogP contribution in [0.1, 0.15) is 6.92 Å². The highest BCUT2D eigenvalue weighted by molar-refractivity contribution is 6.40. The molecule has 0 saturated carbocycles. The third-order valence-electron chi connectivity index (χ3n) is 3.19. The van der Waals surface area contributed by atoms with Gasteiger partial charge in [0.2, 0.25) is 6.43 Å². The molecule has 5 nitrogen and oxygen atoms in total. The Morgan fingerprint density at radius 2 is 1.83 bits per heavy atom. The van der Waals surface area contributed by atoms with Gasteiger partial charge in [-0.2, -0.15) is 0 Å². The highest BCUT2D eigenvalue weighted by atomic mass is 19.3. The monoisotopic (exact) mass is 331 g/mol. The van der Waals surface area contributed by atoms with Gasteiger partial charge in [0.25, 0.3) is 0 Å². The Morgan fingerprint density at radius 3 is 2.48 bits per heavy atom. The molecular formula is C14H13F4N3O2. The van der Waals surface area contributed by atoms with E-state index in [1.54, 1.807) is 0 Å². The Hall–Kier alpha value is -2.58. The lowest BCUT2D eigenvalue weighted by Crippen LogP contribution is -2.38. The van der Waals surface area contributed by atoms with E-state index in [0.29, 0.717) is 0 Å². The third-order valence-corrected chi connectivity index (χ3v) is 3.19. The summed E-state index contributed by atoms with van der Waals surface area (Å²) in [4.78, 5) is 25.9. The molecule has 0 bridgehead atoms. The minimum Gasteiger partial charge on any atom is -0.359 e. The maximum atomic E-state index is 13.2. The molecule has 1 aromatic carbocycles. The normalized spacial score (nSPS) is 12.4. The van der Waals surface area contributed by atoms with Crippen LogP contribution in [0.2, 0.25) is 0 Å². The van der Waals surface area contributed by atoms with Gasteiger partial charge < -0.3 is 15.6 Å². The molecule has 23 heavy (non-hydrogen) atoms. The Morgan fingerprint density at radius 1 is 1.17 bits per heavy atom. The van der Waals surface area contributed by atoms with Crippen molar-refractivity contribution in [1.29, 1.82) is 0 Å². The largest absolute Gasteiger partial charge is 0.359 e. The summed E-state index contributed by atoms with van der Waals surface area (Å²) >= 11 is 0. The smallest absolute Gasteiger partial charge is 0.313 e. The zero-order valence-electron chi connectivity index (χ0n) is 11.9. The number of anilines is 1. The maximum Gasteiger partial charge on any atom is 0.313 e. The molecule has 124 valence electrons. The summed E-state index contributed by atoms with van der Waals surface area (Å²) in [6.45, 7) is 0.859. The van der Waals surface area contributed by atoms with Crippen molar-refractivity contribution in [2.75, 3.05) is 11.9 Å². The number of hydrogen-bond donors (Lipinski definition) is 3. The highest BCUT2D eigenvalue weighted by Crippen LogP contribution is 2.25. The zero-order chi connectivity index (χ0) is 17.1. The van der Waals surface area contributed by atoms with E-state index in [2.05, 4.69) is 15.6 Å². The molecule has 1 atom stereocenters. The summed E-state index contributed by atoms with van der Waals surface area (Å²) in [6, 6.07) is 1.78. The van der Waals surface area contributed by atoms with E-state index in [-0.39, 0.29) is 23.1 Å². The summed E-state index contributed by atoms with van der Waals surface area (Å²) in [5.41, 5.74) is 0.298. The number of halogens is 4. The van der Waals surface area contributed by atoms with Crippen LogP contribution < -0.4 is 10.6 Å². The van der Waals surface area contributed by atoms with E-state index in [1.807, 2.05) is 0 Å². The van der Waals surface area contributed by atoms with Gasteiger partial charge in [0.05, 0.1) is 11.2 Å². The molecule has 0 unspecified atom stereocenters. The fourth-order valence-corrected chi connectivity index (χ4v) is 1.82. The molecule has 1 aromatic heterocycles. The minimum atomic E-state index is -2.62. The number of alkyl halides is 2. The van der Waals surface area contributed by atoms with Crippen LogP contribution in [-0.4, -0.2) is 29.8 Å². The first kappa shape index (κ1) is 16.8. The molecule has 0 radical (unpaired) electrons. The van der Waals surface area contributed by atoms with Crippen molar-refractivity contribution < 1.29 is 27.2 Å². The van der Waals surface area contributed by atoms with Gasteiger partial charge in [0.1, 0.15) is 0 Å². The van der Waals surface area contributed by atoms with E-state index in [9.17, 15) is 27.2 Å². The van der Waals surface area contributed by atoms with Crippen molar-refractivity contribution in [2.24, 2.45) is 5.92 Å². The van der Waals surface area contributed by atoms with E-state index in [0.717, 1.165) is 12.1 Å². The molecule has 2 aromatic rings. The van der Waals surface area contributed by atoms with Crippen LogP contribution in [-0.2, 0) is 9.59 Å². The van der Waals surface area contributed by atoms with Gasteiger partial charge in [0, 0.05) is 30.1 Å². The number of amides is 2. The molecule has 0 aliphatic rings. The fraction of sp³-hybridized carbons (Fsp3) is 0.286. The summed E-state index contributed by atoms with van der Waals surface area (Å²) in [5.74, 6) is -5.47. The first-order valence-electron chi connectivity index (χ1n) is 6.63. The number of nitrogens with one attached hydrogen (secondary N) is 3. The number of carbonyl (C=O) groups is 2. The number of H-pyrrole nitrogens is 1. The van der Waals surface area contributed by atoms with Crippen molar-refractivity contribution in [3.63, 3.8) is 0 Å². The van der Waals surface area contributed by atoms with Gasteiger partial charge in [-0.3, -0.25) is 9.59 Å². The Labute approximate surface area is 128 Å². The number of benzene rings is 1. The standard InChI is InChI=1S/C14H13F4N3O2/c1-6(12(17)18)4-20-13(22)14(23)21-11-5-19-10-3-9(16)8(15)2-7(10)11/h2-3,5-6,12,19H,4H2,1H3,(H,20,22)(H,21,23)/t6-/m0/s1. The highest BCUT2D eigenvalue weighted by Gasteiger charge is 2.20. The molecule has 0 spiro atoms. The minimum absolute atomic E-state index is 0.0703. The van der Waals surface area contributed by atoms with Crippen LogP contribution >= 0.6 is 0 Å². The lowest BCUT2D eigenvalue weighted by molar-refractivity contribution is -0.136. The van der Waals surface area contributed by atoms with Gasteiger partial charge in [-0.05, 0) is 6.07 Å². The second kappa shape index (κ2) is 6.67. The van der Waals surface area contributed by atoms with Gasteiger partial charge in [-0.1, -0.05) is 6.92 Å². The molecule has 2 rings (SSSR count). The molecule has 0 saturated heterocycles. The second-order valence-corrected chi connectivity index (χ2v) is 4.99. The van der Waals surface area contributed by atoms with Gasteiger partial charge in [-0.25, -0.2) is 17.6 Å². The topological polar surface area (TPSA) is 74.0 Å². The summed E-state index contributed by atoms with van der Waals surface area (Å²) in [6.07, 6.45) is -1.36. The maximum absolute atomic E-state index is 13.2. The van der Waals surface area contributed by atoms with Crippen LogP contribution in [0, 0.1) is 17.6 Å². The van der Waals surface area contributed by atoms with Crippen LogP contribution in [0.4, 0.5) is 23.2 Å². The number of carbonyl (C=O) groups excluding carboxylic acids is 2. The molecular weight excluding hydrogens is 318 g/mol. The van der Waals surface area contributed by atoms with Crippen molar-refractivity contribution in [1.82, 2.24) is 10.3 Å². The van der Waals surface area contributed by atoms with Crippen molar-refractivity contribution in [3.05, 3.63) is 30.0 Å². The van der Waals surface area contributed by atoms with Crippen LogP contribution in [0.25, 0.3) is 10.9 Å². The number of hydrogen-bond acceptors (Lipinski definition) is 2. The predicted octanol–water partition coefficient (Wildman–Crippen LogP) is 2.40. The summed E-state index contributed by atoms with van der Waals surface area (Å²) < 4.78 is 50.9. The Kier molecular flexibility index (Phi) is 4.87. The number of aromatic nitrogens is 1. The Balaban J connectivity index is 2.05. The third kappa shape index (κ3) is 3.79. The molecule has 0 fully saturated rings. The average molecular weight is 331 g/mol. The van der Waals surface area contributed by atoms with Crippen LogP contribution in [0.15, 0.2) is 18.3 Å². The number of fused-ring (bicyclic) bond motifs is 1. The van der Waals surface area contributed by atoms with Crippen LogP contribution in [0.3, 0.4) is 0 Å². The van der Waals surface area contributed by atoms with Crippen molar-refractivity contribution >= 4 is 28.4 Å². The molecule has 9 heteroatoms. The molecule has 3 N–H and O–H groups in total. The van der Waals surface area contributed by atoms with E-state index in [4.69, 9.17) is 0 Å². The Bertz CT molecular complexity index is 745. The van der Waals surface area contributed by atoms with Gasteiger partial charge >= 0.3 is 11.8 Å². The van der Waals surface area contributed by atoms with Crippen molar-refractivity contribution in [3.8, 4) is 0 Å². The lowest BCUT2D eigenvalue weighted by Gasteiger charge is -2.11. The summed E-state index contributed by atoms with van der Waals surface area (Å²) in [5, 5.41) is 4.45. The molecule has 1 heterocycles. The first-order chi connectivity index (χ1) is 10.8. The molecule has 0 aliphatic heterocycles. The van der Waals surface area contributed by atoms with Crippen molar-refractivity contribution in [2.45, 2.75) is 13.3 Å². The van der Waals surface area contributed by atoms with E-state index >= 15 is 0 Å². The number of rotatable bonds is 4. The second-order valence-electron chi connectivity index (χ2n) is 4.99.